The van der Waals surface area contributed by atoms with Crippen molar-refractivity contribution < 1.29 is 17.6 Å². The van der Waals surface area contributed by atoms with Crippen molar-refractivity contribution >= 4 is 15.9 Å². The van der Waals surface area contributed by atoms with Gasteiger partial charge in [-0.2, -0.15) is 0 Å². The lowest BCUT2D eigenvalue weighted by molar-refractivity contribution is 0.0953. The number of carbonyl (C=O) groups excluding carboxylic acids is 1. The Morgan fingerprint density at radius 1 is 1.10 bits per heavy atom. The van der Waals surface area contributed by atoms with Crippen LogP contribution in [0.5, 0.6) is 0 Å². The molecular formula is C22H27FN2O3S. The second-order valence-corrected chi connectivity index (χ2v) is 9.28. The first-order chi connectivity index (χ1) is 13.8. The molecule has 0 unspecified atom stereocenters. The molecule has 1 aliphatic rings. The van der Waals surface area contributed by atoms with Crippen molar-refractivity contribution in [3.63, 3.8) is 0 Å². The van der Waals surface area contributed by atoms with Gasteiger partial charge in [0.15, 0.2) is 0 Å². The van der Waals surface area contributed by atoms with Crippen LogP contribution in [0.2, 0.25) is 0 Å². The van der Waals surface area contributed by atoms with Crippen LogP contribution in [-0.4, -0.2) is 26.9 Å². The Kier molecular flexibility index (Phi) is 7.03. The average molecular weight is 419 g/mol. The fourth-order valence-electron chi connectivity index (χ4n) is 3.63. The van der Waals surface area contributed by atoms with Crippen molar-refractivity contribution in [1.82, 2.24) is 10.0 Å². The van der Waals surface area contributed by atoms with E-state index in [-0.39, 0.29) is 22.7 Å². The molecule has 1 fully saturated rings. The molecule has 5 nitrogen and oxygen atoms in total. The van der Waals surface area contributed by atoms with Crippen LogP contribution in [0.1, 0.15) is 53.6 Å². The number of aryl methyl sites for hydroxylation is 1. The van der Waals surface area contributed by atoms with Gasteiger partial charge in [-0.25, -0.2) is 17.5 Å². The molecule has 0 radical (unpaired) electrons. The van der Waals surface area contributed by atoms with E-state index in [1.165, 1.54) is 24.3 Å². The highest BCUT2D eigenvalue weighted by Crippen LogP contribution is 2.21. The molecule has 1 saturated carbocycles. The SMILES string of the molecule is Cc1ccc(S(=O)(=O)NC2CCCCC2)cc1C(=O)NCCc1cccc(F)c1. The van der Waals surface area contributed by atoms with Crippen LogP contribution in [0, 0.1) is 12.7 Å². The van der Waals surface area contributed by atoms with E-state index in [9.17, 15) is 17.6 Å². The Balaban J connectivity index is 1.66. The largest absolute Gasteiger partial charge is 0.352 e. The molecule has 1 amide bonds. The quantitative estimate of drug-likeness (QED) is 0.720. The van der Waals surface area contributed by atoms with Crippen LogP contribution < -0.4 is 10.0 Å². The molecule has 2 aromatic carbocycles. The van der Waals surface area contributed by atoms with Crippen LogP contribution in [0.25, 0.3) is 0 Å². The standard InChI is InChI=1S/C22H27FN2O3S/c1-16-10-11-20(29(27,28)25-19-8-3-2-4-9-19)15-21(16)22(26)24-13-12-17-6-5-7-18(23)14-17/h5-7,10-11,14-15,19,25H,2-4,8-9,12-13H2,1H3,(H,24,26). The maximum absolute atomic E-state index is 13.2. The minimum absolute atomic E-state index is 0.0430. The lowest BCUT2D eigenvalue weighted by atomic mass is 9.96. The summed E-state index contributed by atoms with van der Waals surface area (Å²) in [4.78, 5) is 12.7. The van der Waals surface area contributed by atoms with E-state index in [0.29, 0.717) is 24.1 Å². The summed E-state index contributed by atoms with van der Waals surface area (Å²) in [5.74, 6) is -0.651. The highest BCUT2D eigenvalue weighted by Gasteiger charge is 2.23. The van der Waals surface area contributed by atoms with Crippen LogP contribution >= 0.6 is 0 Å². The molecule has 0 atom stereocenters. The Hall–Kier alpha value is -2.25. The molecule has 0 saturated heterocycles. The average Bonchev–Trinajstić information content (AvgIpc) is 2.68. The number of benzene rings is 2. The van der Waals surface area contributed by atoms with Gasteiger partial charge < -0.3 is 5.32 Å². The summed E-state index contributed by atoms with van der Waals surface area (Å²) in [6, 6.07) is 10.8. The summed E-state index contributed by atoms with van der Waals surface area (Å²) in [7, 11) is -3.67. The molecule has 1 aliphatic carbocycles. The minimum atomic E-state index is -3.67. The number of amides is 1. The zero-order valence-electron chi connectivity index (χ0n) is 16.6. The van der Waals surface area contributed by atoms with E-state index >= 15 is 0 Å². The van der Waals surface area contributed by atoms with Gasteiger partial charge in [-0.3, -0.25) is 4.79 Å². The molecule has 7 heteroatoms. The number of nitrogens with one attached hydrogen (secondary N) is 2. The second-order valence-electron chi connectivity index (χ2n) is 7.57. The van der Waals surface area contributed by atoms with Gasteiger partial charge in [0.2, 0.25) is 10.0 Å². The summed E-state index contributed by atoms with van der Waals surface area (Å²) < 4.78 is 41.5. The molecule has 0 heterocycles. The maximum atomic E-state index is 13.2. The zero-order chi connectivity index (χ0) is 20.9. The van der Waals surface area contributed by atoms with Gasteiger partial charge in [-0.1, -0.05) is 37.5 Å². The first kappa shape index (κ1) is 21.5. The van der Waals surface area contributed by atoms with Gasteiger partial charge in [-0.15, -0.1) is 0 Å². The molecule has 0 spiro atoms. The van der Waals surface area contributed by atoms with Crippen molar-refractivity contribution in [3.8, 4) is 0 Å². The first-order valence-corrected chi connectivity index (χ1v) is 11.5. The van der Waals surface area contributed by atoms with E-state index in [1.54, 1.807) is 25.1 Å². The van der Waals surface area contributed by atoms with Gasteiger partial charge in [0, 0.05) is 18.2 Å². The summed E-state index contributed by atoms with van der Waals surface area (Å²) in [5.41, 5.74) is 1.82. The van der Waals surface area contributed by atoms with E-state index in [2.05, 4.69) is 10.0 Å². The normalized spacial score (nSPS) is 15.2. The van der Waals surface area contributed by atoms with Gasteiger partial charge in [-0.05, 0) is 61.6 Å². The third-order valence-corrected chi connectivity index (χ3v) is 6.80. The topological polar surface area (TPSA) is 75.3 Å². The number of halogens is 1. The first-order valence-electron chi connectivity index (χ1n) is 10.0. The third-order valence-electron chi connectivity index (χ3n) is 5.28. The van der Waals surface area contributed by atoms with Crippen LogP contribution in [0.3, 0.4) is 0 Å². The predicted octanol–water partition coefficient (Wildman–Crippen LogP) is 3.72. The number of hydrogen-bond acceptors (Lipinski definition) is 3. The van der Waals surface area contributed by atoms with E-state index in [1.807, 2.05) is 0 Å². The lowest BCUT2D eigenvalue weighted by Crippen LogP contribution is -2.36. The number of rotatable bonds is 7. The number of hydrogen-bond donors (Lipinski definition) is 2. The molecule has 2 N–H and O–H groups in total. The Labute approximate surface area is 171 Å². The van der Waals surface area contributed by atoms with Gasteiger partial charge >= 0.3 is 0 Å². The fraction of sp³-hybridized carbons (Fsp3) is 0.409. The molecule has 2 aromatic rings. The summed E-state index contributed by atoms with van der Waals surface area (Å²) in [6.45, 7) is 2.10. The Bertz CT molecular complexity index is 970. The van der Waals surface area contributed by atoms with Crippen LogP contribution in [0.15, 0.2) is 47.4 Å². The van der Waals surface area contributed by atoms with Gasteiger partial charge in [0.1, 0.15) is 5.82 Å². The second kappa shape index (κ2) is 9.50. The zero-order valence-corrected chi connectivity index (χ0v) is 17.4. The van der Waals surface area contributed by atoms with Gasteiger partial charge in [0.25, 0.3) is 5.91 Å². The molecule has 156 valence electrons. The molecule has 0 aliphatic heterocycles. The monoisotopic (exact) mass is 418 g/mol. The third kappa shape index (κ3) is 5.87. The summed E-state index contributed by atoms with van der Waals surface area (Å²) >= 11 is 0. The Morgan fingerprint density at radius 3 is 2.59 bits per heavy atom. The minimum Gasteiger partial charge on any atom is -0.352 e. The number of carbonyl (C=O) groups is 1. The molecule has 0 bridgehead atoms. The molecule has 0 aromatic heterocycles. The van der Waals surface area contributed by atoms with Crippen molar-refractivity contribution in [2.45, 2.75) is 56.4 Å². The maximum Gasteiger partial charge on any atom is 0.251 e. The molecular weight excluding hydrogens is 391 g/mol. The van der Waals surface area contributed by atoms with E-state index in [0.717, 1.165) is 37.7 Å². The van der Waals surface area contributed by atoms with E-state index in [4.69, 9.17) is 0 Å². The smallest absolute Gasteiger partial charge is 0.251 e. The van der Waals surface area contributed by atoms with Crippen molar-refractivity contribution in [3.05, 3.63) is 65.0 Å². The van der Waals surface area contributed by atoms with E-state index < -0.39 is 10.0 Å². The predicted molar refractivity (Wildman–Crippen MR) is 111 cm³/mol. The molecule has 3 rings (SSSR count). The highest BCUT2D eigenvalue weighted by molar-refractivity contribution is 7.89. The fourth-order valence-corrected chi connectivity index (χ4v) is 4.96. The van der Waals surface area contributed by atoms with Crippen molar-refractivity contribution in [2.24, 2.45) is 0 Å². The van der Waals surface area contributed by atoms with Gasteiger partial charge in [0.05, 0.1) is 4.90 Å². The van der Waals surface area contributed by atoms with Crippen LogP contribution in [0.4, 0.5) is 4.39 Å². The van der Waals surface area contributed by atoms with Crippen molar-refractivity contribution in [1.29, 1.82) is 0 Å². The lowest BCUT2D eigenvalue weighted by Gasteiger charge is -2.22. The number of sulfonamides is 1. The Morgan fingerprint density at radius 2 is 1.86 bits per heavy atom. The summed E-state index contributed by atoms with van der Waals surface area (Å²) in [5, 5.41) is 2.79. The summed E-state index contributed by atoms with van der Waals surface area (Å²) in [6.07, 6.45) is 5.38. The highest BCUT2D eigenvalue weighted by atomic mass is 32.2. The van der Waals surface area contributed by atoms with Crippen molar-refractivity contribution in [2.75, 3.05) is 6.54 Å². The van der Waals surface area contributed by atoms with Crippen LogP contribution in [-0.2, 0) is 16.4 Å². The molecule has 29 heavy (non-hydrogen) atoms.